The number of rotatable bonds is 9. The molecule has 1 fully saturated rings. The zero-order chi connectivity index (χ0) is 23.1. The van der Waals surface area contributed by atoms with Crippen molar-refractivity contribution in [2.45, 2.75) is 43.9 Å². The SMILES string of the molecule is CCC(C)C(C(=O)OCC(=O)Nc1cccc(S(=O)(=O)N2CCCC2)c1)c1ccccc1. The van der Waals surface area contributed by atoms with Crippen LogP contribution >= 0.6 is 0 Å². The van der Waals surface area contributed by atoms with Crippen LogP contribution in [0.25, 0.3) is 0 Å². The molecule has 1 saturated heterocycles. The van der Waals surface area contributed by atoms with E-state index in [1.54, 1.807) is 12.1 Å². The molecule has 1 aliphatic rings. The highest BCUT2D eigenvalue weighted by molar-refractivity contribution is 7.89. The van der Waals surface area contributed by atoms with Crippen LogP contribution in [0.15, 0.2) is 59.5 Å². The Morgan fingerprint density at radius 2 is 1.75 bits per heavy atom. The molecular weight excluding hydrogens is 428 g/mol. The summed E-state index contributed by atoms with van der Waals surface area (Å²) in [4.78, 5) is 25.3. The molecule has 32 heavy (non-hydrogen) atoms. The molecule has 2 unspecified atom stereocenters. The third-order valence-corrected chi connectivity index (χ3v) is 7.69. The first-order valence-corrected chi connectivity index (χ1v) is 12.4. The third kappa shape index (κ3) is 5.75. The Hall–Kier alpha value is -2.71. The molecule has 1 N–H and O–H groups in total. The zero-order valence-corrected chi connectivity index (χ0v) is 19.3. The second-order valence-corrected chi connectivity index (χ2v) is 10.0. The Bertz CT molecular complexity index is 1030. The molecule has 2 atom stereocenters. The topological polar surface area (TPSA) is 92.8 Å². The lowest BCUT2D eigenvalue weighted by atomic mass is 9.86. The standard InChI is InChI=1S/C24H30N2O5S/c1-3-18(2)23(19-10-5-4-6-11-19)24(28)31-17-22(27)25-20-12-9-13-21(16-20)32(29,30)26-14-7-8-15-26/h4-6,9-13,16,18,23H,3,7-8,14-15,17H2,1-2H3,(H,25,27). The van der Waals surface area contributed by atoms with Crippen molar-refractivity contribution in [3.63, 3.8) is 0 Å². The van der Waals surface area contributed by atoms with E-state index in [1.807, 2.05) is 44.2 Å². The normalized spacial score (nSPS) is 16.3. The number of ether oxygens (including phenoxy) is 1. The van der Waals surface area contributed by atoms with E-state index >= 15 is 0 Å². The molecule has 1 amide bonds. The van der Waals surface area contributed by atoms with Gasteiger partial charge in [-0.05, 0) is 42.5 Å². The van der Waals surface area contributed by atoms with E-state index in [1.165, 1.54) is 16.4 Å². The van der Waals surface area contributed by atoms with Crippen LogP contribution in [0.1, 0.15) is 44.6 Å². The first-order chi connectivity index (χ1) is 15.3. The number of benzene rings is 2. The summed E-state index contributed by atoms with van der Waals surface area (Å²) < 4.78 is 32.2. The maximum atomic E-state index is 12.7. The first-order valence-electron chi connectivity index (χ1n) is 10.9. The molecule has 7 nitrogen and oxygen atoms in total. The number of anilines is 1. The van der Waals surface area contributed by atoms with Crippen LogP contribution in [0.2, 0.25) is 0 Å². The number of esters is 1. The Kier molecular flexibility index (Phi) is 8.04. The monoisotopic (exact) mass is 458 g/mol. The Labute approximate surface area is 189 Å². The summed E-state index contributed by atoms with van der Waals surface area (Å²) in [5.41, 5.74) is 1.19. The summed E-state index contributed by atoms with van der Waals surface area (Å²) in [7, 11) is -3.58. The average molecular weight is 459 g/mol. The molecule has 3 rings (SSSR count). The van der Waals surface area contributed by atoms with Crippen molar-refractivity contribution in [2.75, 3.05) is 25.0 Å². The average Bonchev–Trinajstić information content (AvgIpc) is 3.34. The van der Waals surface area contributed by atoms with E-state index in [9.17, 15) is 18.0 Å². The number of hydrogen-bond acceptors (Lipinski definition) is 5. The number of nitrogens with one attached hydrogen (secondary N) is 1. The molecule has 2 aromatic rings. The van der Waals surface area contributed by atoms with Gasteiger partial charge in [-0.25, -0.2) is 8.42 Å². The second-order valence-electron chi connectivity index (χ2n) is 8.07. The lowest BCUT2D eigenvalue weighted by molar-refractivity contribution is -0.150. The largest absolute Gasteiger partial charge is 0.455 e. The van der Waals surface area contributed by atoms with Crippen LogP contribution in [0.3, 0.4) is 0 Å². The predicted octanol–water partition coefficient (Wildman–Crippen LogP) is 3.78. The summed E-state index contributed by atoms with van der Waals surface area (Å²) in [6.07, 6.45) is 2.49. The van der Waals surface area contributed by atoms with Crippen LogP contribution in [0.4, 0.5) is 5.69 Å². The van der Waals surface area contributed by atoms with Crippen LogP contribution in [-0.4, -0.2) is 44.3 Å². The van der Waals surface area contributed by atoms with Gasteiger partial charge in [0.25, 0.3) is 5.91 Å². The first kappa shape index (κ1) is 23.9. The van der Waals surface area contributed by atoms with Crippen LogP contribution in [0.5, 0.6) is 0 Å². The molecule has 1 heterocycles. The lowest BCUT2D eigenvalue weighted by Gasteiger charge is -2.21. The van der Waals surface area contributed by atoms with Crippen LogP contribution in [0, 0.1) is 5.92 Å². The molecule has 0 saturated carbocycles. The smallest absolute Gasteiger partial charge is 0.314 e. The summed E-state index contributed by atoms with van der Waals surface area (Å²) in [6, 6.07) is 15.5. The van der Waals surface area contributed by atoms with E-state index in [0.29, 0.717) is 18.8 Å². The third-order valence-electron chi connectivity index (χ3n) is 5.79. The molecule has 0 aromatic heterocycles. The summed E-state index contributed by atoms with van der Waals surface area (Å²) >= 11 is 0. The fourth-order valence-electron chi connectivity index (χ4n) is 3.83. The van der Waals surface area contributed by atoms with E-state index in [4.69, 9.17) is 4.74 Å². The van der Waals surface area contributed by atoms with E-state index in [2.05, 4.69) is 5.32 Å². The van der Waals surface area contributed by atoms with Gasteiger partial charge in [0.1, 0.15) is 0 Å². The summed E-state index contributed by atoms with van der Waals surface area (Å²) in [5.74, 6) is -1.38. The molecule has 0 aliphatic carbocycles. The molecule has 0 radical (unpaired) electrons. The number of hydrogen-bond donors (Lipinski definition) is 1. The second kappa shape index (κ2) is 10.7. The fraction of sp³-hybridized carbons (Fsp3) is 0.417. The van der Waals surface area contributed by atoms with Crippen molar-refractivity contribution in [3.8, 4) is 0 Å². The van der Waals surface area contributed by atoms with Gasteiger partial charge in [0, 0.05) is 18.8 Å². The quantitative estimate of drug-likeness (QED) is 0.577. The van der Waals surface area contributed by atoms with Crippen molar-refractivity contribution in [1.82, 2.24) is 4.31 Å². The van der Waals surface area contributed by atoms with Gasteiger partial charge in [0.2, 0.25) is 10.0 Å². The molecule has 1 aliphatic heterocycles. The molecule has 0 bridgehead atoms. The van der Waals surface area contributed by atoms with Crippen LogP contribution in [-0.2, 0) is 24.3 Å². The van der Waals surface area contributed by atoms with E-state index in [-0.39, 0.29) is 10.8 Å². The summed E-state index contributed by atoms with van der Waals surface area (Å²) in [6.45, 7) is 4.55. The number of carbonyl (C=O) groups excluding carboxylic acids is 2. The van der Waals surface area contributed by atoms with Gasteiger partial charge in [-0.2, -0.15) is 4.31 Å². The van der Waals surface area contributed by atoms with Gasteiger partial charge in [0.15, 0.2) is 6.61 Å². The van der Waals surface area contributed by atoms with Gasteiger partial charge in [-0.3, -0.25) is 9.59 Å². The molecule has 2 aromatic carbocycles. The minimum Gasteiger partial charge on any atom is -0.455 e. The Morgan fingerprint density at radius 3 is 2.41 bits per heavy atom. The van der Waals surface area contributed by atoms with Crippen molar-refractivity contribution >= 4 is 27.6 Å². The van der Waals surface area contributed by atoms with Crippen molar-refractivity contribution < 1.29 is 22.7 Å². The number of sulfonamides is 1. The van der Waals surface area contributed by atoms with Crippen molar-refractivity contribution in [1.29, 1.82) is 0 Å². The van der Waals surface area contributed by atoms with Crippen LogP contribution < -0.4 is 5.32 Å². The zero-order valence-electron chi connectivity index (χ0n) is 18.5. The molecule has 172 valence electrons. The summed E-state index contributed by atoms with van der Waals surface area (Å²) in [5, 5.41) is 2.62. The maximum Gasteiger partial charge on any atom is 0.314 e. The highest BCUT2D eigenvalue weighted by Crippen LogP contribution is 2.28. The highest BCUT2D eigenvalue weighted by Gasteiger charge is 2.29. The number of amides is 1. The Morgan fingerprint density at radius 1 is 1.06 bits per heavy atom. The molecular formula is C24H30N2O5S. The predicted molar refractivity (Wildman–Crippen MR) is 123 cm³/mol. The van der Waals surface area contributed by atoms with Gasteiger partial charge in [-0.15, -0.1) is 0 Å². The fourth-order valence-corrected chi connectivity index (χ4v) is 5.39. The van der Waals surface area contributed by atoms with Crippen molar-refractivity contribution in [3.05, 3.63) is 60.2 Å². The Balaban J connectivity index is 1.62. The molecule has 8 heteroatoms. The van der Waals surface area contributed by atoms with Gasteiger partial charge in [0.05, 0.1) is 10.8 Å². The number of nitrogens with zero attached hydrogens (tertiary/aromatic N) is 1. The van der Waals surface area contributed by atoms with Gasteiger partial charge < -0.3 is 10.1 Å². The van der Waals surface area contributed by atoms with Crippen molar-refractivity contribution in [2.24, 2.45) is 5.92 Å². The van der Waals surface area contributed by atoms with E-state index < -0.39 is 34.4 Å². The minimum absolute atomic E-state index is 0.0560. The van der Waals surface area contributed by atoms with Gasteiger partial charge >= 0.3 is 5.97 Å². The molecule has 0 spiro atoms. The lowest BCUT2D eigenvalue weighted by Crippen LogP contribution is -2.28. The maximum absolute atomic E-state index is 12.7. The number of carbonyl (C=O) groups is 2. The minimum atomic E-state index is -3.58. The van der Waals surface area contributed by atoms with E-state index in [0.717, 1.165) is 24.8 Å². The van der Waals surface area contributed by atoms with Gasteiger partial charge in [-0.1, -0.05) is 56.7 Å². The highest BCUT2D eigenvalue weighted by atomic mass is 32.2.